The fraction of sp³-hybridized carbons (Fsp3) is 0.440. The zero-order valence-corrected chi connectivity index (χ0v) is 21.4. The van der Waals surface area contributed by atoms with Crippen molar-refractivity contribution >= 4 is 27.5 Å². The Morgan fingerprint density at radius 2 is 1.71 bits per heavy atom. The largest absolute Gasteiger partial charge is 0.354 e. The lowest BCUT2D eigenvalue weighted by Crippen LogP contribution is -2.47. The number of rotatable bonds is 12. The highest BCUT2D eigenvalue weighted by Gasteiger charge is 2.26. The number of hydrogen-bond acceptors (Lipinski definition) is 4. The number of carbonyl (C=O) groups excluding carboxylic acids is 2. The summed E-state index contributed by atoms with van der Waals surface area (Å²) in [5, 5.41) is 2.80. The van der Waals surface area contributed by atoms with E-state index in [-0.39, 0.29) is 43.4 Å². The molecule has 0 aliphatic rings. The number of anilines is 1. The molecule has 2 amide bonds. The first-order valence-electron chi connectivity index (χ1n) is 11.5. The molecule has 2 aromatic carbocycles. The minimum atomic E-state index is -3.80. The van der Waals surface area contributed by atoms with E-state index in [2.05, 4.69) is 5.32 Å². The lowest BCUT2D eigenvalue weighted by Gasteiger charge is -2.29. The molecule has 0 heterocycles. The second-order valence-corrected chi connectivity index (χ2v) is 10.4. The van der Waals surface area contributed by atoms with Gasteiger partial charge in [-0.3, -0.25) is 13.9 Å². The second kappa shape index (κ2) is 12.6. The summed E-state index contributed by atoms with van der Waals surface area (Å²) in [5.41, 5.74) is 1.90. The van der Waals surface area contributed by atoms with Crippen molar-refractivity contribution in [3.63, 3.8) is 0 Å². The summed E-state index contributed by atoms with van der Waals surface area (Å²) < 4.78 is 52.4. The van der Waals surface area contributed by atoms with Crippen LogP contribution in [0.25, 0.3) is 0 Å². The van der Waals surface area contributed by atoms with Crippen molar-refractivity contribution < 1.29 is 26.8 Å². The van der Waals surface area contributed by atoms with E-state index in [0.29, 0.717) is 6.54 Å². The third kappa shape index (κ3) is 8.31. The number of sulfonamides is 1. The number of hydrogen-bond donors (Lipinski definition) is 1. The van der Waals surface area contributed by atoms with Gasteiger partial charge in [0.05, 0.1) is 11.9 Å². The van der Waals surface area contributed by atoms with Gasteiger partial charge in [0.1, 0.15) is 6.04 Å². The number of carbonyl (C=O) groups is 2. The van der Waals surface area contributed by atoms with E-state index >= 15 is 0 Å². The summed E-state index contributed by atoms with van der Waals surface area (Å²) in [6.45, 7) is 6.15. The molecule has 1 N–H and O–H groups in total. The zero-order chi connectivity index (χ0) is 26.2. The summed E-state index contributed by atoms with van der Waals surface area (Å²) >= 11 is 0. The van der Waals surface area contributed by atoms with E-state index in [4.69, 9.17) is 0 Å². The smallest absolute Gasteiger partial charge is 0.242 e. The van der Waals surface area contributed by atoms with Gasteiger partial charge in [0.15, 0.2) is 11.6 Å². The molecule has 0 spiro atoms. The van der Waals surface area contributed by atoms with Crippen LogP contribution in [0.1, 0.15) is 44.2 Å². The third-order valence-electron chi connectivity index (χ3n) is 5.53. The van der Waals surface area contributed by atoms with Gasteiger partial charge < -0.3 is 10.2 Å². The van der Waals surface area contributed by atoms with E-state index in [0.717, 1.165) is 40.2 Å². The molecule has 192 valence electrons. The van der Waals surface area contributed by atoms with Crippen LogP contribution in [0.3, 0.4) is 0 Å². The van der Waals surface area contributed by atoms with Crippen LogP contribution in [0.2, 0.25) is 0 Å². The topological polar surface area (TPSA) is 86.8 Å². The molecule has 7 nitrogen and oxygen atoms in total. The van der Waals surface area contributed by atoms with Crippen LogP contribution in [0.4, 0.5) is 14.5 Å². The van der Waals surface area contributed by atoms with Gasteiger partial charge >= 0.3 is 0 Å². The second-order valence-electron chi connectivity index (χ2n) is 8.51. The Labute approximate surface area is 206 Å². The molecular weight excluding hydrogens is 476 g/mol. The molecule has 0 fully saturated rings. The molecule has 0 aromatic heterocycles. The van der Waals surface area contributed by atoms with Crippen molar-refractivity contribution in [3.8, 4) is 0 Å². The van der Waals surface area contributed by atoms with Gasteiger partial charge in [-0.25, -0.2) is 17.2 Å². The Bertz CT molecular complexity index is 1120. The maximum absolute atomic E-state index is 13.7. The van der Waals surface area contributed by atoms with E-state index < -0.39 is 27.7 Å². The first kappa shape index (κ1) is 28.2. The molecule has 35 heavy (non-hydrogen) atoms. The van der Waals surface area contributed by atoms with Crippen LogP contribution in [0, 0.1) is 18.6 Å². The molecule has 0 aliphatic heterocycles. The normalized spacial score (nSPS) is 12.2. The fourth-order valence-corrected chi connectivity index (χ4v) is 4.47. The van der Waals surface area contributed by atoms with E-state index in [1.807, 2.05) is 38.1 Å². The Hall–Kier alpha value is -3.01. The van der Waals surface area contributed by atoms with E-state index in [9.17, 15) is 26.8 Å². The maximum atomic E-state index is 13.7. The van der Waals surface area contributed by atoms with Crippen molar-refractivity contribution in [2.24, 2.45) is 0 Å². The molecule has 0 bridgehead atoms. The average molecular weight is 510 g/mol. The maximum Gasteiger partial charge on any atom is 0.242 e. The Morgan fingerprint density at radius 1 is 1.06 bits per heavy atom. The summed E-state index contributed by atoms with van der Waals surface area (Å²) in [6.07, 6.45) is 1.81. The highest BCUT2D eigenvalue weighted by atomic mass is 32.2. The molecule has 0 radical (unpaired) electrons. The van der Waals surface area contributed by atoms with Gasteiger partial charge in [-0.05, 0) is 44.4 Å². The monoisotopic (exact) mass is 509 g/mol. The summed E-state index contributed by atoms with van der Waals surface area (Å²) in [5.74, 6) is -2.83. The van der Waals surface area contributed by atoms with Crippen molar-refractivity contribution in [1.82, 2.24) is 10.2 Å². The highest BCUT2D eigenvalue weighted by Crippen LogP contribution is 2.21. The minimum Gasteiger partial charge on any atom is -0.354 e. The van der Waals surface area contributed by atoms with Crippen LogP contribution in [0.5, 0.6) is 0 Å². The van der Waals surface area contributed by atoms with Crippen LogP contribution in [-0.4, -0.2) is 50.5 Å². The van der Waals surface area contributed by atoms with Crippen LogP contribution < -0.4 is 9.62 Å². The number of nitrogens with one attached hydrogen (secondary N) is 1. The number of halogens is 2. The minimum absolute atomic E-state index is 0.0253. The molecular formula is C25H33F2N3O4S. The predicted octanol–water partition coefficient (Wildman–Crippen LogP) is 3.76. The van der Waals surface area contributed by atoms with E-state index in [1.165, 1.54) is 11.0 Å². The molecule has 1 atom stereocenters. The first-order valence-corrected chi connectivity index (χ1v) is 13.3. The third-order valence-corrected chi connectivity index (χ3v) is 6.73. The van der Waals surface area contributed by atoms with E-state index in [1.54, 1.807) is 6.92 Å². The zero-order valence-electron chi connectivity index (χ0n) is 20.6. The van der Waals surface area contributed by atoms with Crippen molar-refractivity contribution in [1.29, 1.82) is 0 Å². The fourth-order valence-electron chi connectivity index (χ4n) is 3.51. The average Bonchev–Trinajstić information content (AvgIpc) is 2.80. The van der Waals surface area contributed by atoms with Crippen molar-refractivity contribution in [3.05, 3.63) is 65.2 Å². The molecule has 0 saturated carbocycles. The number of amides is 2. The lowest BCUT2D eigenvalue weighted by atomic mass is 10.1. The molecule has 2 aromatic rings. The number of benzene rings is 2. The van der Waals surface area contributed by atoms with Gasteiger partial charge in [-0.2, -0.15) is 0 Å². The van der Waals surface area contributed by atoms with Gasteiger partial charge in [0, 0.05) is 32.1 Å². The molecule has 0 saturated heterocycles. The SMILES string of the molecule is CCCNC(=O)C(C)N(Cc1ccc(C)cc1)C(=O)CCCN(c1ccc(F)c(F)c1)S(C)(=O)=O. The van der Waals surface area contributed by atoms with Crippen molar-refractivity contribution in [2.75, 3.05) is 23.7 Å². The summed E-state index contributed by atoms with van der Waals surface area (Å²) in [4.78, 5) is 27.2. The van der Waals surface area contributed by atoms with Crippen LogP contribution in [-0.2, 0) is 26.2 Å². The van der Waals surface area contributed by atoms with Gasteiger partial charge in [-0.1, -0.05) is 36.8 Å². The van der Waals surface area contributed by atoms with Crippen LogP contribution >= 0.6 is 0 Å². The molecule has 2 rings (SSSR count). The van der Waals surface area contributed by atoms with Gasteiger partial charge in [0.25, 0.3) is 0 Å². The quantitative estimate of drug-likeness (QED) is 0.472. The summed E-state index contributed by atoms with van der Waals surface area (Å²) in [7, 11) is -3.80. The Morgan fingerprint density at radius 3 is 2.29 bits per heavy atom. The molecule has 1 unspecified atom stereocenters. The highest BCUT2D eigenvalue weighted by molar-refractivity contribution is 7.92. The number of nitrogens with zero attached hydrogens (tertiary/aromatic N) is 2. The first-order chi connectivity index (χ1) is 16.4. The van der Waals surface area contributed by atoms with Crippen molar-refractivity contribution in [2.45, 2.75) is 52.6 Å². The summed E-state index contributed by atoms with van der Waals surface area (Å²) in [6, 6.07) is 9.73. The standard InChI is InChI=1S/C25H33F2N3O4S/c1-5-14-28-25(32)19(3)29(17-20-10-8-18(2)9-11-20)24(31)7-6-15-30(35(4,33)34)21-12-13-22(26)23(27)16-21/h8-13,16,19H,5-7,14-15,17H2,1-4H3,(H,28,32). The van der Waals surface area contributed by atoms with Gasteiger partial charge in [-0.15, -0.1) is 0 Å². The molecule has 0 aliphatic carbocycles. The Balaban J connectivity index is 2.16. The number of aryl methyl sites for hydroxylation is 1. The Kier molecular flexibility index (Phi) is 10.2. The van der Waals surface area contributed by atoms with Gasteiger partial charge in [0.2, 0.25) is 21.8 Å². The van der Waals surface area contributed by atoms with Crippen LogP contribution in [0.15, 0.2) is 42.5 Å². The molecule has 10 heteroatoms. The lowest BCUT2D eigenvalue weighted by molar-refractivity contribution is -0.140. The predicted molar refractivity (Wildman–Crippen MR) is 132 cm³/mol.